The fourth-order valence-corrected chi connectivity index (χ4v) is 3.51. The first-order valence-corrected chi connectivity index (χ1v) is 11.5. The van der Waals surface area contributed by atoms with E-state index in [0.717, 1.165) is 6.07 Å². The maximum atomic E-state index is 13.8. The van der Waals surface area contributed by atoms with Crippen LogP contribution in [0.4, 0.5) is 35.0 Å². The van der Waals surface area contributed by atoms with Crippen molar-refractivity contribution in [2.45, 2.75) is 39.0 Å². The first-order chi connectivity index (χ1) is 17.6. The number of anilines is 3. The number of halogens is 3. The number of aromatic nitrogens is 2. The molecule has 2 aromatic carbocycles. The number of nitrogens with one attached hydrogen (secondary N) is 3. The second-order valence-electron chi connectivity index (χ2n) is 9.60. The normalized spacial score (nSPS) is 11.6. The first-order valence-electron chi connectivity index (χ1n) is 11.5. The molecule has 0 fully saturated rings. The largest absolute Gasteiger partial charge is 0.444 e. The van der Waals surface area contributed by atoms with Crippen molar-refractivity contribution in [2.75, 3.05) is 29.6 Å². The topological polar surface area (TPSA) is 116 Å². The third-order valence-corrected chi connectivity index (χ3v) is 5.11. The van der Waals surface area contributed by atoms with Gasteiger partial charge in [-0.15, -0.1) is 0 Å². The summed E-state index contributed by atoms with van der Waals surface area (Å²) in [5, 5.41) is 4.72. The lowest BCUT2D eigenvalue weighted by Crippen LogP contribution is -2.28. The van der Waals surface area contributed by atoms with Gasteiger partial charge in [0.1, 0.15) is 11.4 Å². The molecule has 3 aromatic rings. The molecule has 0 spiro atoms. The predicted molar refractivity (Wildman–Crippen MR) is 137 cm³/mol. The minimum Gasteiger partial charge on any atom is -0.444 e. The van der Waals surface area contributed by atoms with Crippen molar-refractivity contribution in [1.29, 1.82) is 0 Å². The Morgan fingerprint density at radius 1 is 1.03 bits per heavy atom. The van der Waals surface area contributed by atoms with Crippen LogP contribution in [0.3, 0.4) is 0 Å². The molecule has 9 nitrogen and oxygen atoms in total. The minimum absolute atomic E-state index is 0.128. The number of nitrogens with zero attached hydrogens (tertiary/aromatic N) is 2. The molecular weight excluding hydrogens is 503 g/mol. The van der Waals surface area contributed by atoms with E-state index >= 15 is 0 Å². The molecule has 3 rings (SSSR count). The van der Waals surface area contributed by atoms with Gasteiger partial charge in [0.25, 0.3) is 0 Å². The van der Waals surface area contributed by atoms with E-state index in [0.29, 0.717) is 17.5 Å². The van der Waals surface area contributed by atoms with E-state index in [1.807, 2.05) is 0 Å². The molecule has 0 bridgehead atoms. The maximum absolute atomic E-state index is 13.8. The van der Waals surface area contributed by atoms with Crippen molar-refractivity contribution >= 4 is 34.8 Å². The Hall–Kier alpha value is -4.35. The average Bonchev–Trinajstić information content (AvgIpc) is 3.33. The quantitative estimate of drug-likeness (QED) is 0.265. The number of aromatic amines is 1. The highest BCUT2D eigenvalue weighted by Crippen LogP contribution is 2.41. The molecule has 0 saturated heterocycles. The van der Waals surface area contributed by atoms with Crippen LogP contribution in [0.5, 0.6) is 0 Å². The van der Waals surface area contributed by atoms with Crippen LogP contribution in [0.2, 0.25) is 0 Å². The van der Waals surface area contributed by atoms with Crippen LogP contribution >= 0.6 is 0 Å². The summed E-state index contributed by atoms with van der Waals surface area (Å²) in [6.45, 7) is 4.87. The van der Waals surface area contributed by atoms with Gasteiger partial charge in [-0.05, 0) is 39.0 Å². The van der Waals surface area contributed by atoms with Crippen molar-refractivity contribution in [3.63, 3.8) is 0 Å². The van der Waals surface area contributed by atoms with Crippen LogP contribution in [-0.4, -0.2) is 47.4 Å². The van der Waals surface area contributed by atoms with E-state index in [9.17, 15) is 27.6 Å². The highest BCUT2D eigenvalue weighted by molar-refractivity contribution is 6.12. The Labute approximate surface area is 217 Å². The molecule has 0 unspecified atom stereocenters. The van der Waals surface area contributed by atoms with Crippen LogP contribution in [0.25, 0.3) is 11.4 Å². The van der Waals surface area contributed by atoms with Gasteiger partial charge in [-0.2, -0.15) is 13.2 Å². The summed E-state index contributed by atoms with van der Waals surface area (Å²) in [4.78, 5) is 46.2. The summed E-state index contributed by atoms with van der Waals surface area (Å²) in [5.41, 5.74) is -1.77. The SMILES string of the molecule is CN(C)c1cc(NC(=O)OC(C)(C)C)c(NC(=O)CC(=O)c2cccc(-c3ncc[nH]3)c2)cc1C(F)(F)F. The maximum Gasteiger partial charge on any atom is 0.418 e. The third-order valence-electron chi connectivity index (χ3n) is 5.11. The van der Waals surface area contributed by atoms with Crippen LogP contribution in [0.1, 0.15) is 43.1 Å². The number of hydrogen-bond donors (Lipinski definition) is 3. The average molecular weight is 532 g/mol. The molecule has 0 saturated carbocycles. The lowest BCUT2D eigenvalue weighted by Gasteiger charge is -2.24. The lowest BCUT2D eigenvalue weighted by molar-refractivity contribution is -0.137. The number of rotatable bonds is 7. The smallest absolute Gasteiger partial charge is 0.418 e. The van der Waals surface area contributed by atoms with Crippen LogP contribution in [0, 0.1) is 0 Å². The molecular formula is C26H28F3N5O4. The van der Waals surface area contributed by atoms with Crippen LogP contribution in [-0.2, 0) is 15.7 Å². The molecule has 38 heavy (non-hydrogen) atoms. The number of ether oxygens (including phenoxy) is 1. The van der Waals surface area contributed by atoms with Gasteiger partial charge in [0.15, 0.2) is 5.78 Å². The van der Waals surface area contributed by atoms with Crippen LogP contribution in [0.15, 0.2) is 48.8 Å². The molecule has 202 valence electrons. The Bertz CT molecular complexity index is 1330. The van der Waals surface area contributed by atoms with E-state index < -0.39 is 41.5 Å². The van der Waals surface area contributed by atoms with Gasteiger partial charge in [0.05, 0.1) is 29.0 Å². The van der Waals surface area contributed by atoms with Gasteiger partial charge in [0.2, 0.25) is 5.91 Å². The summed E-state index contributed by atoms with van der Waals surface area (Å²) in [6, 6.07) is 8.22. The number of ketones is 1. The highest BCUT2D eigenvalue weighted by atomic mass is 19.4. The second-order valence-corrected chi connectivity index (χ2v) is 9.60. The van der Waals surface area contributed by atoms with E-state index in [2.05, 4.69) is 20.6 Å². The standard InChI is InChI=1S/C26H28F3N5O4/c1-25(2,3)38-24(37)33-19-13-20(34(4)5)17(26(27,28)29)12-18(19)32-22(36)14-21(35)15-7-6-8-16(11-15)23-30-9-10-31-23/h6-13H,14H2,1-5H3,(H,30,31)(H,32,36)(H,33,37). The number of alkyl halides is 3. The first kappa shape index (κ1) is 28.2. The molecule has 0 radical (unpaired) electrons. The van der Waals surface area contributed by atoms with Crippen molar-refractivity contribution in [2.24, 2.45) is 0 Å². The number of imidazole rings is 1. The fraction of sp³-hybridized carbons (Fsp3) is 0.308. The zero-order valence-corrected chi connectivity index (χ0v) is 21.5. The number of carbonyl (C=O) groups excluding carboxylic acids is 3. The minimum atomic E-state index is -4.76. The monoisotopic (exact) mass is 531 g/mol. The molecule has 1 heterocycles. The third kappa shape index (κ3) is 7.34. The number of amides is 2. The van der Waals surface area contributed by atoms with Gasteiger partial charge in [-0.3, -0.25) is 14.9 Å². The van der Waals surface area contributed by atoms with E-state index in [4.69, 9.17) is 4.74 Å². The fourth-order valence-electron chi connectivity index (χ4n) is 3.51. The zero-order valence-electron chi connectivity index (χ0n) is 21.5. The lowest BCUT2D eigenvalue weighted by atomic mass is 10.0. The zero-order chi connectivity index (χ0) is 28.3. The van der Waals surface area contributed by atoms with Gasteiger partial charge >= 0.3 is 12.3 Å². The van der Waals surface area contributed by atoms with Crippen molar-refractivity contribution < 1.29 is 32.3 Å². The summed E-state index contributed by atoms with van der Waals surface area (Å²) >= 11 is 0. The Morgan fingerprint density at radius 3 is 2.29 bits per heavy atom. The summed E-state index contributed by atoms with van der Waals surface area (Å²) in [6.07, 6.45) is -3.16. The number of hydrogen-bond acceptors (Lipinski definition) is 6. The predicted octanol–water partition coefficient (Wildman–Crippen LogP) is 5.72. The molecule has 12 heteroatoms. The van der Waals surface area contributed by atoms with Gasteiger partial charge < -0.3 is 19.9 Å². The molecule has 1 aromatic heterocycles. The molecule has 3 N–H and O–H groups in total. The summed E-state index contributed by atoms with van der Waals surface area (Å²) in [5.74, 6) is -0.891. The number of carbonyl (C=O) groups is 3. The Kier molecular flexibility index (Phi) is 8.13. The molecule has 0 aliphatic rings. The number of Topliss-reactive ketones (excluding diaryl/α,β-unsaturated/α-hetero) is 1. The Morgan fingerprint density at radius 2 is 1.71 bits per heavy atom. The van der Waals surface area contributed by atoms with Crippen molar-refractivity contribution in [3.8, 4) is 11.4 Å². The highest BCUT2D eigenvalue weighted by Gasteiger charge is 2.36. The van der Waals surface area contributed by atoms with Gasteiger partial charge in [-0.25, -0.2) is 9.78 Å². The van der Waals surface area contributed by atoms with Crippen LogP contribution < -0.4 is 15.5 Å². The van der Waals surface area contributed by atoms with E-state index in [1.165, 1.54) is 25.1 Å². The Balaban J connectivity index is 1.89. The molecule has 0 aliphatic heterocycles. The van der Waals surface area contributed by atoms with Crippen molar-refractivity contribution in [1.82, 2.24) is 9.97 Å². The van der Waals surface area contributed by atoms with Gasteiger partial charge in [-0.1, -0.05) is 18.2 Å². The summed E-state index contributed by atoms with van der Waals surface area (Å²) < 4.78 is 46.6. The number of H-pyrrole nitrogens is 1. The van der Waals surface area contributed by atoms with Crippen molar-refractivity contribution in [3.05, 3.63) is 59.9 Å². The molecule has 2 amide bonds. The molecule has 0 atom stereocenters. The molecule has 0 aliphatic carbocycles. The summed E-state index contributed by atoms with van der Waals surface area (Å²) in [7, 11) is 2.82. The second kappa shape index (κ2) is 11.0. The number of benzene rings is 2. The van der Waals surface area contributed by atoms with Gasteiger partial charge in [0, 0.05) is 37.6 Å². The van der Waals surface area contributed by atoms with E-state index in [1.54, 1.807) is 51.4 Å². The van der Waals surface area contributed by atoms with E-state index in [-0.39, 0.29) is 22.6 Å².